The van der Waals surface area contributed by atoms with Crippen molar-refractivity contribution in [2.75, 3.05) is 65.6 Å². The second kappa shape index (κ2) is 15.1. The van der Waals surface area contributed by atoms with Crippen molar-refractivity contribution in [3.8, 4) is 0 Å². The zero-order valence-electron chi connectivity index (χ0n) is 18.3. The molecule has 1 saturated heterocycles. The topological polar surface area (TPSA) is 78.4 Å². The van der Waals surface area contributed by atoms with Gasteiger partial charge in [0.1, 0.15) is 5.60 Å². The summed E-state index contributed by atoms with van der Waals surface area (Å²) in [5.41, 5.74) is -0.442. The summed E-state index contributed by atoms with van der Waals surface area (Å²) < 4.78 is 10.8. The molecule has 1 amide bonds. The first-order valence-corrected chi connectivity index (χ1v) is 10.2. The van der Waals surface area contributed by atoms with E-state index < -0.39 is 5.60 Å². The molecule has 1 heterocycles. The summed E-state index contributed by atoms with van der Waals surface area (Å²) in [5, 5.41) is 6.64. The van der Waals surface area contributed by atoms with Crippen LogP contribution in [-0.2, 0) is 9.47 Å². The maximum Gasteiger partial charge on any atom is 0.410 e. The molecule has 0 aromatic carbocycles. The first kappa shape index (κ1) is 27.2. The Bertz CT molecular complexity index is 449. The van der Waals surface area contributed by atoms with Crippen LogP contribution in [0.2, 0.25) is 0 Å². The summed E-state index contributed by atoms with van der Waals surface area (Å²) in [7, 11) is 0. The minimum atomic E-state index is -0.442. The summed E-state index contributed by atoms with van der Waals surface area (Å²) in [4.78, 5) is 20.8. The third-order valence-corrected chi connectivity index (χ3v) is 4.01. The van der Waals surface area contributed by atoms with Crippen molar-refractivity contribution in [3.63, 3.8) is 0 Å². The molecule has 166 valence electrons. The van der Waals surface area contributed by atoms with Crippen LogP contribution >= 0.6 is 24.0 Å². The largest absolute Gasteiger partial charge is 0.444 e. The van der Waals surface area contributed by atoms with Crippen molar-refractivity contribution in [1.82, 2.24) is 20.4 Å². The van der Waals surface area contributed by atoms with E-state index in [2.05, 4.69) is 27.4 Å². The number of rotatable bonds is 9. The Hall–Kier alpha value is -0.810. The summed E-state index contributed by atoms with van der Waals surface area (Å²) in [5.74, 6) is 0.849. The Kier molecular flexibility index (Phi) is 14.6. The number of hydrogen-bond donors (Lipinski definition) is 2. The molecule has 0 spiro atoms. The fourth-order valence-electron chi connectivity index (χ4n) is 2.66. The molecule has 1 aliphatic heterocycles. The molecule has 1 aliphatic rings. The predicted molar refractivity (Wildman–Crippen MR) is 125 cm³/mol. The van der Waals surface area contributed by atoms with Gasteiger partial charge in [-0.25, -0.2) is 4.79 Å². The van der Waals surface area contributed by atoms with Crippen LogP contribution in [0.4, 0.5) is 4.79 Å². The highest BCUT2D eigenvalue weighted by atomic mass is 127. The van der Waals surface area contributed by atoms with Gasteiger partial charge in [-0.1, -0.05) is 0 Å². The molecule has 8 nitrogen and oxygen atoms in total. The Morgan fingerprint density at radius 1 is 1.11 bits per heavy atom. The lowest BCUT2D eigenvalue weighted by atomic mass is 10.2. The molecule has 0 atom stereocenters. The average molecular weight is 513 g/mol. The molecule has 0 bridgehead atoms. The van der Waals surface area contributed by atoms with Crippen molar-refractivity contribution in [3.05, 3.63) is 0 Å². The number of guanidine groups is 1. The molecule has 0 saturated carbocycles. The van der Waals surface area contributed by atoms with Crippen molar-refractivity contribution in [2.24, 2.45) is 4.99 Å². The molecule has 1 fully saturated rings. The van der Waals surface area contributed by atoms with Crippen LogP contribution in [-0.4, -0.2) is 93.0 Å². The highest BCUT2D eigenvalue weighted by molar-refractivity contribution is 14.0. The van der Waals surface area contributed by atoms with Crippen molar-refractivity contribution in [2.45, 2.75) is 46.6 Å². The smallest absolute Gasteiger partial charge is 0.410 e. The minimum absolute atomic E-state index is 0. The lowest BCUT2D eigenvalue weighted by molar-refractivity contribution is 0.0147. The standard InChI is InChI=1S/C19H39N5O3.HI/c1-6-20-17(21-9-8-16-26-7-2)22-10-11-23-12-14-24(15-13-23)18(25)27-19(3,4)5;/h6-16H2,1-5H3,(H2,20,21,22);1H. The number of amides is 1. The zero-order chi connectivity index (χ0) is 20.1. The number of ether oxygens (including phenoxy) is 2. The van der Waals surface area contributed by atoms with Gasteiger partial charge in [0.05, 0.1) is 0 Å². The minimum Gasteiger partial charge on any atom is -0.444 e. The monoisotopic (exact) mass is 513 g/mol. The summed E-state index contributed by atoms with van der Waals surface area (Å²) in [6.45, 7) is 17.7. The second-order valence-electron chi connectivity index (χ2n) is 7.55. The van der Waals surface area contributed by atoms with Gasteiger partial charge in [0, 0.05) is 65.6 Å². The van der Waals surface area contributed by atoms with Gasteiger partial charge in [-0.3, -0.25) is 9.89 Å². The first-order chi connectivity index (χ1) is 12.9. The number of nitrogens with one attached hydrogen (secondary N) is 2. The normalized spacial score (nSPS) is 15.8. The molecule has 9 heteroatoms. The molecule has 28 heavy (non-hydrogen) atoms. The third-order valence-electron chi connectivity index (χ3n) is 4.01. The van der Waals surface area contributed by atoms with Crippen molar-refractivity contribution < 1.29 is 14.3 Å². The fraction of sp³-hybridized carbons (Fsp3) is 0.895. The quantitative estimate of drug-likeness (QED) is 0.213. The lowest BCUT2D eigenvalue weighted by Crippen LogP contribution is -2.51. The highest BCUT2D eigenvalue weighted by Gasteiger charge is 2.25. The summed E-state index contributed by atoms with van der Waals surface area (Å²) >= 11 is 0. The Labute approximate surface area is 187 Å². The van der Waals surface area contributed by atoms with Gasteiger partial charge in [0.2, 0.25) is 0 Å². The molecule has 2 N–H and O–H groups in total. The van der Waals surface area contributed by atoms with Gasteiger partial charge in [0.15, 0.2) is 5.96 Å². The van der Waals surface area contributed by atoms with Crippen LogP contribution < -0.4 is 10.6 Å². The van der Waals surface area contributed by atoms with Crippen LogP contribution in [0.1, 0.15) is 41.0 Å². The van der Waals surface area contributed by atoms with E-state index in [0.29, 0.717) is 13.1 Å². The maximum atomic E-state index is 12.1. The first-order valence-electron chi connectivity index (χ1n) is 10.2. The Balaban J connectivity index is 0.00000729. The van der Waals surface area contributed by atoms with Gasteiger partial charge in [0.25, 0.3) is 0 Å². The predicted octanol–water partition coefficient (Wildman–Crippen LogP) is 2.14. The van der Waals surface area contributed by atoms with E-state index in [1.54, 1.807) is 4.90 Å². The third kappa shape index (κ3) is 12.6. The molecular weight excluding hydrogens is 473 g/mol. The molecule has 0 aromatic heterocycles. The Morgan fingerprint density at radius 2 is 1.79 bits per heavy atom. The zero-order valence-corrected chi connectivity index (χ0v) is 20.6. The maximum absolute atomic E-state index is 12.1. The van der Waals surface area contributed by atoms with E-state index in [-0.39, 0.29) is 30.1 Å². The molecule has 0 unspecified atom stereocenters. The van der Waals surface area contributed by atoms with E-state index in [1.807, 2.05) is 27.7 Å². The van der Waals surface area contributed by atoms with Gasteiger partial charge in [-0.05, 0) is 41.0 Å². The van der Waals surface area contributed by atoms with E-state index in [1.165, 1.54) is 0 Å². The van der Waals surface area contributed by atoms with Crippen LogP contribution in [0.5, 0.6) is 0 Å². The van der Waals surface area contributed by atoms with Gasteiger partial charge >= 0.3 is 6.09 Å². The summed E-state index contributed by atoms with van der Waals surface area (Å²) in [6.07, 6.45) is 0.714. The van der Waals surface area contributed by atoms with Gasteiger partial charge in [-0.15, -0.1) is 24.0 Å². The number of carbonyl (C=O) groups excluding carboxylic acids is 1. The molecule has 0 aliphatic carbocycles. The number of nitrogens with zero attached hydrogens (tertiary/aromatic N) is 3. The van der Waals surface area contributed by atoms with Crippen LogP contribution in [0.25, 0.3) is 0 Å². The lowest BCUT2D eigenvalue weighted by Gasteiger charge is -2.35. The van der Waals surface area contributed by atoms with E-state index >= 15 is 0 Å². The van der Waals surface area contributed by atoms with Crippen LogP contribution in [0.15, 0.2) is 4.99 Å². The van der Waals surface area contributed by atoms with Gasteiger partial charge in [-0.2, -0.15) is 0 Å². The second-order valence-corrected chi connectivity index (χ2v) is 7.55. The van der Waals surface area contributed by atoms with Crippen molar-refractivity contribution >= 4 is 36.0 Å². The van der Waals surface area contributed by atoms with Crippen molar-refractivity contribution in [1.29, 1.82) is 0 Å². The van der Waals surface area contributed by atoms with Crippen LogP contribution in [0.3, 0.4) is 0 Å². The average Bonchev–Trinajstić information content (AvgIpc) is 2.60. The molecule has 0 aromatic rings. The number of hydrogen-bond acceptors (Lipinski definition) is 5. The van der Waals surface area contributed by atoms with E-state index in [4.69, 9.17) is 9.47 Å². The molecular formula is C19H40IN5O3. The summed E-state index contributed by atoms with van der Waals surface area (Å²) in [6, 6.07) is 0. The number of piperazine rings is 1. The SMILES string of the molecule is CCNC(=NCCCOCC)NCCN1CCN(C(=O)OC(C)(C)C)CC1.I. The van der Waals surface area contributed by atoms with E-state index in [0.717, 1.165) is 64.9 Å². The van der Waals surface area contributed by atoms with Crippen LogP contribution in [0, 0.1) is 0 Å². The highest BCUT2D eigenvalue weighted by Crippen LogP contribution is 2.11. The van der Waals surface area contributed by atoms with Gasteiger partial charge < -0.3 is 25.0 Å². The fourth-order valence-corrected chi connectivity index (χ4v) is 2.66. The molecule has 0 radical (unpaired) electrons. The molecule has 1 rings (SSSR count). The number of halogens is 1. The number of carbonyl (C=O) groups is 1. The van der Waals surface area contributed by atoms with E-state index in [9.17, 15) is 4.79 Å². The number of aliphatic imine (C=N–C) groups is 1. The Morgan fingerprint density at radius 3 is 2.36 bits per heavy atom.